The van der Waals surface area contributed by atoms with Gasteiger partial charge in [0.25, 0.3) is 5.91 Å². The first kappa shape index (κ1) is 14.1. The summed E-state index contributed by atoms with van der Waals surface area (Å²) in [4.78, 5) is 14.3. The standard InChI is InChI=1S/C14H23N3O2/c1-14(2,3)12-11(9-16(4)15-12)13(19)17-7-5-6-10(18)8-17/h9-10,18H,5-8H2,1-4H3. The number of amides is 1. The Kier molecular flexibility index (Phi) is 3.67. The number of hydrogen-bond acceptors (Lipinski definition) is 3. The number of piperidine rings is 1. The normalized spacial score (nSPS) is 20.7. The van der Waals surface area contributed by atoms with Gasteiger partial charge in [-0.15, -0.1) is 0 Å². The van der Waals surface area contributed by atoms with Crippen LogP contribution in [0, 0.1) is 0 Å². The number of aromatic nitrogens is 2. The van der Waals surface area contributed by atoms with Crippen molar-refractivity contribution >= 4 is 5.91 Å². The zero-order valence-corrected chi connectivity index (χ0v) is 12.2. The fraction of sp³-hybridized carbons (Fsp3) is 0.714. The van der Waals surface area contributed by atoms with Crippen molar-refractivity contribution < 1.29 is 9.90 Å². The zero-order valence-electron chi connectivity index (χ0n) is 12.2. The lowest BCUT2D eigenvalue weighted by atomic mass is 9.89. The molecule has 5 nitrogen and oxygen atoms in total. The summed E-state index contributed by atoms with van der Waals surface area (Å²) in [5.74, 6) is -0.0169. The Morgan fingerprint density at radius 3 is 2.74 bits per heavy atom. The van der Waals surface area contributed by atoms with Crippen LogP contribution in [0.5, 0.6) is 0 Å². The third-order valence-electron chi connectivity index (χ3n) is 3.45. The van der Waals surface area contributed by atoms with E-state index in [4.69, 9.17) is 0 Å². The van der Waals surface area contributed by atoms with Gasteiger partial charge in [0.1, 0.15) is 0 Å². The molecule has 5 heteroatoms. The van der Waals surface area contributed by atoms with Crippen LogP contribution < -0.4 is 0 Å². The van der Waals surface area contributed by atoms with Crippen LogP contribution in [0.15, 0.2) is 6.20 Å². The van der Waals surface area contributed by atoms with Gasteiger partial charge >= 0.3 is 0 Å². The smallest absolute Gasteiger partial charge is 0.257 e. The highest BCUT2D eigenvalue weighted by Gasteiger charge is 2.30. The number of rotatable bonds is 1. The highest BCUT2D eigenvalue weighted by atomic mass is 16.3. The lowest BCUT2D eigenvalue weighted by Gasteiger charge is -2.30. The molecule has 1 unspecified atom stereocenters. The van der Waals surface area contributed by atoms with Crippen LogP contribution in [-0.4, -0.2) is 44.9 Å². The molecule has 1 aromatic rings. The number of aliphatic hydroxyl groups is 1. The molecule has 0 radical (unpaired) electrons. The SMILES string of the molecule is Cn1cc(C(=O)N2CCCC(O)C2)c(C(C)(C)C)n1. The monoisotopic (exact) mass is 265 g/mol. The highest BCUT2D eigenvalue weighted by molar-refractivity contribution is 5.95. The van der Waals surface area contributed by atoms with Crippen molar-refractivity contribution in [3.63, 3.8) is 0 Å². The lowest BCUT2D eigenvalue weighted by Crippen LogP contribution is -2.42. The van der Waals surface area contributed by atoms with Crippen LogP contribution in [0.3, 0.4) is 0 Å². The molecule has 0 spiro atoms. The molecule has 0 bridgehead atoms. The second-order valence-corrected chi connectivity index (χ2v) is 6.36. The predicted octanol–water partition coefficient (Wildman–Crippen LogP) is 1.31. The van der Waals surface area contributed by atoms with E-state index in [1.54, 1.807) is 15.8 Å². The maximum Gasteiger partial charge on any atom is 0.257 e. The number of likely N-dealkylation sites (tertiary alicyclic amines) is 1. The van der Waals surface area contributed by atoms with Gasteiger partial charge in [0.2, 0.25) is 0 Å². The molecule has 0 aliphatic carbocycles. The average Bonchev–Trinajstić information content (AvgIpc) is 2.70. The number of aliphatic hydroxyl groups excluding tert-OH is 1. The fourth-order valence-electron chi connectivity index (χ4n) is 2.51. The maximum absolute atomic E-state index is 12.6. The number of nitrogens with zero attached hydrogens (tertiary/aromatic N) is 3. The van der Waals surface area contributed by atoms with E-state index in [0.29, 0.717) is 18.7 Å². The summed E-state index contributed by atoms with van der Waals surface area (Å²) in [6.07, 6.45) is 3.03. The minimum absolute atomic E-state index is 0.0169. The summed E-state index contributed by atoms with van der Waals surface area (Å²) in [5, 5.41) is 14.1. The van der Waals surface area contributed by atoms with E-state index in [0.717, 1.165) is 18.5 Å². The molecule has 1 aliphatic rings. The summed E-state index contributed by atoms with van der Waals surface area (Å²) in [5.41, 5.74) is 1.31. The van der Waals surface area contributed by atoms with E-state index in [2.05, 4.69) is 25.9 Å². The Morgan fingerprint density at radius 2 is 2.16 bits per heavy atom. The third-order valence-corrected chi connectivity index (χ3v) is 3.45. The minimum atomic E-state index is -0.396. The van der Waals surface area contributed by atoms with Gasteiger partial charge < -0.3 is 10.0 Å². The van der Waals surface area contributed by atoms with Gasteiger partial charge in [0.05, 0.1) is 17.4 Å². The summed E-state index contributed by atoms with van der Waals surface area (Å²) in [6, 6.07) is 0. The first-order valence-electron chi connectivity index (χ1n) is 6.80. The molecule has 1 N–H and O–H groups in total. The van der Waals surface area contributed by atoms with Gasteiger partial charge in [-0.2, -0.15) is 5.10 Å². The maximum atomic E-state index is 12.6. The molecule has 0 saturated carbocycles. The van der Waals surface area contributed by atoms with Crippen molar-refractivity contribution in [2.75, 3.05) is 13.1 Å². The number of hydrogen-bond donors (Lipinski definition) is 1. The Hall–Kier alpha value is -1.36. The number of β-amino-alcohol motifs (C(OH)–C–C–N with tert-alkyl or cyclic N) is 1. The zero-order chi connectivity index (χ0) is 14.2. The van der Waals surface area contributed by atoms with Crippen LogP contribution in [-0.2, 0) is 12.5 Å². The molecule has 106 valence electrons. The molecule has 0 aromatic carbocycles. The van der Waals surface area contributed by atoms with E-state index in [9.17, 15) is 9.90 Å². The molecular formula is C14H23N3O2. The topological polar surface area (TPSA) is 58.4 Å². The van der Waals surface area contributed by atoms with Gasteiger partial charge in [0.15, 0.2) is 0 Å². The van der Waals surface area contributed by atoms with Gasteiger partial charge in [-0.1, -0.05) is 20.8 Å². The van der Waals surface area contributed by atoms with Gasteiger partial charge in [-0.25, -0.2) is 0 Å². The third kappa shape index (κ3) is 2.97. The number of carbonyl (C=O) groups is 1. The van der Waals surface area contributed by atoms with Gasteiger partial charge in [-0.05, 0) is 12.8 Å². The second-order valence-electron chi connectivity index (χ2n) is 6.36. The van der Waals surface area contributed by atoms with E-state index in [1.807, 2.05) is 7.05 Å². The van der Waals surface area contributed by atoms with E-state index >= 15 is 0 Å². The minimum Gasteiger partial charge on any atom is -0.391 e. The van der Waals surface area contributed by atoms with E-state index < -0.39 is 6.10 Å². The van der Waals surface area contributed by atoms with Crippen LogP contribution >= 0.6 is 0 Å². The van der Waals surface area contributed by atoms with Crippen molar-refractivity contribution in [1.29, 1.82) is 0 Å². The molecule has 2 rings (SSSR count). The van der Waals surface area contributed by atoms with Crippen molar-refractivity contribution in [2.45, 2.75) is 45.1 Å². The molecule has 1 saturated heterocycles. The average molecular weight is 265 g/mol. The molecule has 2 heterocycles. The number of carbonyl (C=O) groups excluding carboxylic acids is 1. The molecule has 1 aromatic heterocycles. The Labute approximate surface area is 114 Å². The highest BCUT2D eigenvalue weighted by Crippen LogP contribution is 2.26. The number of aryl methyl sites for hydroxylation is 1. The predicted molar refractivity (Wildman–Crippen MR) is 73.1 cm³/mol. The Balaban J connectivity index is 2.28. The molecule has 19 heavy (non-hydrogen) atoms. The van der Waals surface area contributed by atoms with Gasteiger partial charge in [-0.3, -0.25) is 9.48 Å². The second kappa shape index (κ2) is 4.96. The molecule has 1 atom stereocenters. The first-order chi connectivity index (χ1) is 8.79. The Bertz CT molecular complexity index is 474. The van der Waals surface area contributed by atoms with E-state index in [-0.39, 0.29) is 11.3 Å². The van der Waals surface area contributed by atoms with Crippen molar-refractivity contribution in [1.82, 2.24) is 14.7 Å². The first-order valence-corrected chi connectivity index (χ1v) is 6.80. The van der Waals surface area contributed by atoms with Crippen molar-refractivity contribution in [3.8, 4) is 0 Å². The van der Waals surface area contributed by atoms with Crippen molar-refractivity contribution in [3.05, 3.63) is 17.5 Å². The van der Waals surface area contributed by atoms with Crippen LogP contribution in [0.2, 0.25) is 0 Å². The largest absolute Gasteiger partial charge is 0.391 e. The quantitative estimate of drug-likeness (QED) is 0.833. The van der Waals surface area contributed by atoms with Crippen molar-refractivity contribution in [2.24, 2.45) is 7.05 Å². The van der Waals surface area contributed by atoms with Crippen LogP contribution in [0.4, 0.5) is 0 Å². The summed E-state index contributed by atoms with van der Waals surface area (Å²) in [7, 11) is 1.83. The van der Waals surface area contributed by atoms with Crippen LogP contribution in [0.1, 0.15) is 49.7 Å². The van der Waals surface area contributed by atoms with E-state index in [1.165, 1.54) is 0 Å². The molecular weight excluding hydrogens is 242 g/mol. The summed E-state index contributed by atoms with van der Waals surface area (Å²) < 4.78 is 1.69. The van der Waals surface area contributed by atoms with Crippen LogP contribution in [0.25, 0.3) is 0 Å². The fourth-order valence-corrected chi connectivity index (χ4v) is 2.51. The lowest BCUT2D eigenvalue weighted by molar-refractivity contribution is 0.0472. The summed E-state index contributed by atoms with van der Waals surface area (Å²) in [6.45, 7) is 7.30. The molecule has 1 aliphatic heterocycles. The van der Waals surface area contributed by atoms with Gasteiger partial charge in [0, 0.05) is 31.7 Å². The summed E-state index contributed by atoms with van der Waals surface area (Å²) >= 11 is 0. The Morgan fingerprint density at radius 1 is 1.47 bits per heavy atom. The molecule has 1 amide bonds. The molecule has 1 fully saturated rings.